The first-order chi connectivity index (χ1) is 48.9. The number of pyridine rings is 3. The van der Waals surface area contributed by atoms with Crippen molar-refractivity contribution in [2.75, 3.05) is 24.5 Å². The summed E-state index contributed by atoms with van der Waals surface area (Å²) in [6.45, 7) is 4.73. The van der Waals surface area contributed by atoms with E-state index in [-0.39, 0.29) is 5.41 Å². The predicted octanol–water partition coefficient (Wildman–Crippen LogP) is 25.1. The van der Waals surface area contributed by atoms with Crippen LogP contribution in [0.1, 0.15) is 25.0 Å². The highest BCUT2D eigenvalue weighted by atomic mass is 32.2. The van der Waals surface area contributed by atoms with Crippen LogP contribution >= 0.6 is 11.8 Å². The number of hydrogen-bond donors (Lipinski definition) is 0. The van der Waals surface area contributed by atoms with E-state index in [0.717, 1.165) is 107 Å². The highest BCUT2D eigenvalue weighted by molar-refractivity contribution is 7.99. The summed E-state index contributed by atoms with van der Waals surface area (Å²) in [5.74, 6) is 0.948. The van der Waals surface area contributed by atoms with Gasteiger partial charge in [-0.05, 0) is 204 Å². The van der Waals surface area contributed by atoms with Gasteiger partial charge in [-0.25, -0.2) is 15.0 Å². The molecule has 0 saturated heterocycles. The Labute approximate surface area is 581 Å². The van der Waals surface area contributed by atoms with Gasteiger partial charge in [-0.3, -0.25) is 4.90 Å². The first-order valence-corrected chi connectivity index (χ1v) is 34.3. The number of nitrogens with zero attached hydrogens (tertiary/aromatic N) is 8. The molecule has 2 aliphatic rings. The monoisotopic (exact) mass is 1290 g/mol. The lowest BCUT2D eigenvalue weighted by molar-refractivity contribution is 0.632. The minimum absolute atomic E-state index is 0.357. The molecular formula is C90H66N8S. The van der Waals surface area contributed by atoms with E-state index in [0.29, 0.717) is 0 Å². The molecule has 99 heavy (non-hydrogen) atoms. The van der Waals surface area contributed by atoms with Gasteiger partial charge in [-0.2, -0.15) is 0 Å². The molecule has 0 fully saturated rings. The number of para-hydroxylation sites is 8. The molecule has 18 rings (SSSR count). The van der Waals surface area contributed by atoms with Gasteiger partial charge in [-0.15, -0.1) is 0 Å². The first-order valence-electron chi connectivity index (χ1n) is 33.5. The van der Waals surface area contributed by atoms with Crippen LogP contribution < -0.4 is 24.5 Å². The second-order valence-electron chi connectivity index (χ2n) is 25.2. The van der Waals surface area contributed by atoms with Crippen LogP contribution in [0.25, 0.3) is 43.8 Å². The molecule has 0 saturated carbocycles. The summed E-state index contributed by atoms with van der Waals surface area (Å²) in [5, 5.41) is 4.56. The highest BCUT2D eigenvalue weighted by Crippen LogP contribution is 2.57. The first kappa shape index (κ1) is 60.1. The van der Waals surface area contributed by atoms with Crippen molar-refractivity contribution >= 4 is 130 Å². The normalized spacial score (nSPS) is 12.5. The zero-order chi connectivity index (χ0) is 66.2. The third-order valence-corrected chi connectivity index (χ3v) is 20.0. The van der Waals surface area contributed by atoms with Crippen LogP contribution in [-0.4, -0.2) is 15.0 Å². The third kappa shape index (κ3) is 11.2. The van der Waals surface area contributed by atoms with Gasteiger partial charge in [0.1, 0.15) is 5.82 Å². The Balaban J connectivity index is 0.000000157. The SMILES string of the molecule is CC1(C)c2cc(N(c3ccccc3)c3ccccc3)ccc2N(c2ccccc2)c2ccc(N(c3ccccc3)c3ccc(-c4ccnc5ncccc45)cc3)cc21.c1ccc(N(c2ccccc2)c2ccc3c(c2)Sc2ccccc2N3c2nc3ccccc3c3ccccc23)cc1. The van der Waals surface area contributed by atoms with Crippen LogP contribution in [0.5, 0.6) is 0 Å². The third-order valence-electron chi connectivity index (χ3n) is 18.9. The van der Waals surface area contributed by atoms with Crippen LogP contribution in [0.3, 0.4) is 0 Å². The van der Waals surface area contributed by atoms with Crippen molar-refractivity contribution in [1.82, 2.24) is 15.0 Å². The molecule has 13 aromatic carbocycles. The highest BCUT2D eigenvalue weighted by Gasteiger charge is 2.39. The van der Waals surface area contributed by atoms with Gasteiger partial charge in [0.25, 0.3) is 0 Å². The molecular weight excluding hydrogens is 1230 g/mol. The Hall–Kier alpha value is -12.6. The van der Waals surface area contributed by atoms with Gasteiger partial charge < -0.3 is 19.6 Å². The Kier molecular flexibility index (Phi) is 15.7. The van der Waals surface area contributed by atoms with Gasteiger partial charge >= 0.3 is 0 Å². The molecule has 5 heterocycles. The second kappa shape index (κ2) is 25.9. The molecule has 2 aliphatic heterocycles. The van der Waals surface area contributed by atoms with Gasteiger partial charge in [0, 0.05) is 101 Å². The van der Waals surface area contributed by atoms with Crippen molar-refractivity contribution in [3.05, 3.63) is 375 Å². The average molecular weight is 1290 g/mol. The summed E-state index contributed by atoms with van der Waals surface area (Å²) < 4.78 is 0. The Morgan fingerprint density at radius 2 is 0.717 bits per heavy atom. The molecule has 0 N–H and O–H groups in total. The van der Waals surface area contributed by atoms with E-state index in [1.165, 1.54) is 43.1 Å². The molecule has 0 atom stereocenters. The quantitative estimate of drug-likeness (QED) is 0.111. The number of fused-ring (bicyclic) bond motifs is 8. The molecule has 0 amide bonds. The van der Waals surface area contributed by atoms with Crippen molar-refractivity contribution in [2.45, 2.75) is 29.1 Å². The largest absolute Gasteiger partial charge is 0.310 e. The van der Waals surface area contributed by atoms with E-state index in [2.05, 4.69) is 394 Å². The molecule has 9 heteroatoms. The number of hydrogen-bond acceptors (Lipinski definition) is 9. The Bertz CT molecular complexity index is 5500. The molecule has 3 aromatic heterocycles. The fraction of sp³-hybridized carbons (Fsp3) is 0.0333. The summed E-state index contributed by atoms with van der Waals surface area (Å²) in [4.78, 5) is 28.5. The second-order valence-corrected chi connectivity index (χ2v) is 26.3. The van der Waals surface area contributed by atoms with E-state index in [1.54, 1.807) is 6.20 Å². The lowest BCUT2D eigenvalue weighted by atomic mass is 9.73. The number of benzene rings is 13. The van der Waals surface area contributed by atoms with Gasteiger partial charge in [0.15, 0.2) is 5.65 Å². The van der Waals surface area contributed by atoms with Crippen LogP contribution in [0.15, 0.2) is 374 Å². The zero-order valence-corrected chi connectivity index (χ0v) is 55.4. The van der Waals surface area contributed by atoms with Crippen molar-refractivity contribution in [2.24, 2.45) is 0 Å². The van der Waals surface area contributed by atoms with E-state index in [4.69, 9.17) is 4.98 Å². The van der Waals surface area contributed by atoms with Crippen LogP contribution in [0.4, 0.5) is 85.4 Å². The summed E-state index contributed by atoms with van der Waals surface area (Å²) in [7, 11) is 0. The summed E-state index contributed by atoms with van der Waals surface area (Å²) in [6.07, 6.45) is 3.63. The van der Waals surface area contributed by atoms with Gasteiger partial charge in [0.05, 0.1) is 28.3 Å². The summed E-state index contributed by atoms with van der Waals surface area (Å²) in [5.41, 5.74) is 21.8. The van der Waals surface area contributed by atoms with Gasteiger partial charge in [0.2, 0.25) is 0 Å². The van der Waals surface area contributed by atoms with E-state index in [1.807, 2.05) is 24.0 Å². The summed E-state index contributed by atoms with van der Waals surface area (Å²) >= 11 is 1.82. The fourth-order valence-electron chi connectivity index (χ4n) is 14.3. The van der Waals surface area contributed by atoms with E-state index >= 15 is 0 Å². The minimum atomic E-state index is -0.357. The molecule has 0 spiro atoms. The fourth-order valence-corrected chi connectivity index (χ4v) is 15.4. The molecule has 0 bridgehead atoms. The van der Waals surface area contributed by atoms with Crippen molar-refractivity contribution < 1.29 is 0 Å². The lowest BCUT2D eigenvalue weighted by Crippen LogP contribution is -2.31. The maximum atomic E-state index is 5.28. The molecule has 16 aromatic rings. The topological polar surface area (TPSA) is 54.9 Å². The Morgan fingerprint density at radius 1 is 0.303 bits per heavy atom. The van der Waals surface area contributed by atoms with Gasteiger partial charge in [-0.1, -0.05) is 202 Å². The number of rotatable bonds is 12. The molecule has 8 nitrogen and oxygen atoms in total. The van der Waals surface area contributed by atoms with Crippen LogP contribution in [0.2, 0.25) is 0 Å². The Morgan fingerprint density at radius 3 is 1.27 bits per heavy atom. The molecule has 0 radical (unpaired) electrons. The predicted molar refractivity (Wildman–Crippen MR) is 414 cm³/mol. The number of anilines is 15. The maximum Gasteiger partial charge on any atom is 0.159 e. The van der Waals surface area contributed by atoms with E-state index in [9.17, 15) is 0 Å². The molecule has 472 valence electrons. The maximum absolute atomic E-state index is 5.28. The lowest BCUT2D eigenvalue weighted by Gasteiger charge is -2.43. The summed E-state index contributed by atoms with van der Waals surface area (Å²) in [6, 6.07) is 125. The van der Waals surface area contributed by atoms with Crippen molar-refractivity contribution in [3.63, 3.8) is 0 Å². The van der Waals surface area contributed by atoms with Crippen LogP contribution in [0, 0.1) is 0 Å². The minimum Gasteiger partial charge on any atom is -0.310 e. The number of aromatic nitrogens is 3. The smallest absolute Gasteiger partial charge is 0.159 e. The van der Waals surface area contributed by atoms with Crippen molar-refractivity contribution in [3.8, 4) is 11.1 Å². The van der Waals surface area contributed by atoms with Crippen LogP contribution in [-0.2, 0) is 5.41 Å². The van der Waals surface area contributed by atoms with E-state index < -0.39 is 0 Å². The molecule has 0 aliphatic carbocycles. The standard InChI is InChI=1S/C53H41N5.C37H25N3S/c1-53(2)48-36-44(56(39-16-7-3-8-17-39)40-18-9-4-10-19-40)29-31-50(48)58(42-22-13-6-14-23-42)51-32-30-45(37-49(51)53)57(41-20-11-5-12-21-41)43-27-25-38(26-28-43)46-33-35-55-52-47(46)24-15-34-54-52;1-3-13-26(14-4-1)39(27-15-5-2-6-16-27)28-23-24-34-36(25-28)41-35-22-12-11-21-33(35)40(34)37-31-19-8-7-17-29(31)30-18-9-10-20-32(30)38-37/h3-37H,1-2H3;1-25H. The zero-order valence-electron chi connectivity index (χ0n) is 54.6. The average Bonchev–Trinajstić information content (AvgIpc) is 0.721. The van der Waals surface area contributed by atoms with Crippen molar-refractivity contribution in [1.29, 1.82) is 0 Å². The molecule has 0 unspecified atom stereocenters.